The molecule has 0 radical (unpaired) electrons. The third-order valence-electron chi connectivity index (χ3n) is 5.77. The van der Waals surface area contributed by atoms with Crippen LogP contribution in [0.2, 0.25) is 5.02 Å². The van der Waals surface area contributed by atoms with E-state index in [4.69, 9.17) is 16.1 Å². The molecule has 0 bridgehead atoms. The van der Waals surface area contributed by atoms with Gasteiger partial charge in [-0.2, -0.15) is 4.98 Å². The predicted octanol–water partition coefficient (Wildman–Crippen LogP) is 4.71. The summed E-state index contributed by atoms with van der Waals surface area (Å²) in [6.07, 6.45) is 7.37. The topological polar surface area (TPSA) is 89.9 Å². The summed E-state index contributed by atoms with van der Waals surface area (Å²) < 4.78 is 7.12. The highest BCUT2D eigenvalue weighted by Crippen LogP contribution is 2.23. The van der Waals surface area contributed by atoms with E-state index in [-0.39, 0.29) is 5.91 Å². The minimum atomic E-state index is 0.180. The van der Waals surface area contributed by atoms with E-state index >= 15 is 0 Å². The highest BCUT2D eigenvalue weighted by atomic mass is 35.5. The van der Waals surface area contributed by atoms with E-state index in [9.17, 15) is 4.79 Å². The van der Waals surface area contributed by atoms with Gasteiger partial charge in [-0.15, -0.1) is 5.10 Å². The van der Waals surface area contributed by atoms with Gasteiger partial charge in [0, 0.05) is 36.2 Å². The first-order valence-electron chi connectivity index (χ1n) is 11.0. The number of piperidine rings is 1. The Kier molecular flexibility index (Phi) is 6.17. The van der Waals surface area contributed by atoms with Crippen LogP contribution >= 0.6 is 11.6 Å². The minimum Gasteiger partial charge on any atom is -0.343 e. The molecule has 0 aliphatic carbocycles. The van der Waals surface area contributed by atoms with Crippen molar-refractivity contribution in [2.24, 2.45) is 0 Å². The number of fused-ring (bicyclic) bond motifs is 1. The Morgan fingerprint density at radius 2 is 1.94 bits per heavy atom. The Balaban J connectivity index is 1.28. The van der Waals surface area contributed by atoms with E-state index in [1.54, 1.807) is 10.8 Å². The average molecular weight is 463 g/mol. The van der Waals surface area contributed by atoms with Crippen LogP contribution in [0.4, 0.5) is 0 Å². The lowest BCUT2D eigenvalue weighted by molar-refractivity contribution is -0.132. The zero-order valence-corrected chi connectivity index (χ0v) is 18.8. The Morgan fingerprint density at radius 3 is 2.79 bits per heavy atom. The SMILES string of the molecule is O=C(CCn1nnc2cc(-c3noc(C=Cc4ccccc4Cl)n3)ccc21)N1CCCCC1. The number of benzene rings is 2. The molecular formula is C24H23ClN6O2. The van der Waals surface area contributed by atoms with Crippen molar-refractivity contribution in [1.29, 1.82) is 0 Å². The number of hydrogen-bond acceptors (Lipinski definition) is 6. The molecule has 0 spiro atoms. The van der Waals surface area contributed by atoms with Crippen molar-refractivity contribution < 1.29 is 9.32 Å². The first kappa shape index (κ1) is 21.3. The van der Waals surface area contributed by atoms with Crippen LogP contribution < -0.4 is 0 Å². The number of aryl methyl sites for hydroxylation is 1. The second-order valence-electron chi connectivity index (χ2n) is 8.02. The fraction of sp³-hybridized carbons (Fsp3) is 0.292. The zero-order chi connectivity index (χ0) is 22.6. The van der Waals surface area contributed by atoms with Crippen molar-refractivity contribution in [2.45, 2.75) is 32.2 Å². The van der Waals surface area contributed by atoms with Gasteiger partial charge in [0.2, 0.25) is 11.7 Å². The zero-order valence-electron chi connectivity index (χ0n) is 18.0. The lowest BCUT2D eigenvalue weighted by Crippen LogP contribution is -2.36. The van der Waals surface area contributed by atoms with Crippen molar-refractivity contribution in [3.63, 3.8) is 0 Å². The number of halogens is 1. The molecule has 33 heavy (non-hydrogen) atoms. The first-order chi connectivity index (χ1) is 16.2. The van der Waals surface area contributed by atoms with Crippen LogP contribution in [0.25, 0.3) is 34.6 Å². The third kappa shape index (κ3) is 4.80. The molecule has 2 aromatic heterocycles. The van der Waals surface area contributed by atoms with Gasteiger partial charge in [-0.1, -0.05) is 40.2 Å². The van der Waals surface area contributed by atoms with Crippen LogP contribution in [0, 0.1) is 0 Å². The summed E-state index contributed by atoms with van der Waals surface area (Å²) in [6.45, 7) is 2.23. The molecule has 0 saturated carbocycles. The molecule has 3 heterocycles. The van der Waals surface area contributed by atoms with Gasteiger partial charge in [0.05, 0.1) is 12.1 Å². The Morgan fingerprint density at radius 1 is 1.09 bits per heavy atom. The van der Waals surface area contributed by atoms with Crippen molar-refractivity contribution in [2.75, 3.05) is 13.1 Å². The number of carbonyl (C=O) groups is 1. The quantitative estimate of drug-likeness (QED) is 0.412. The number of carbonyl (C=O) groups excluding carboxylic acids is 1. The van der Waals surface area contributed by atoms with Crippen LogP contribution in [-0.4, -0.2) is 49.0 Å². The van der Waals surface area contributed by atoms with E-state index in [0.29, 0.717) is 29.7 Å². The largest absolute Gasteiger partial charge is 0.343 e. The van der Waals surface area contributed by atoms with E-state index in [1.165, 1.54) is 6.42 Å². The molecule has 1 fully saturated rings. The highest BCUT2D eigenvalue weighted by molar-refractivity contribution is 6.32. The average Bonchev–Trinajstić information content (AvgIpc) is 3.49. The molecule has 168 valence electrons. The van der Waals surface area contributed by atoms with E-state index < -0.39 is 0 Å². The number of rotatable bonds is 6. The Labute approximate surface area is 195 Å². The lowest BCUT2D eigenvalue weighted by atomic mass is 10.1. The molecular weight excluding hydrogens is 440 g/mol. The summed E-state index contributed by atoms with van der Waals surface area (Å²) in [5.74, 6) is 1.02. The van der Waals surface area contributed by atoms with E-state index in [0.717, 1.165) is 48.1 Å². The second kappa shape index (κ2) is 9.54. The minimum absolute atomic E-state index is 0.180. The van der Waals surface area contributed by atoms with Crippen molar-refractivity contribution in [1.82, 2.24) is 30.0 Å². The van der Waals surface area contributed by atoms with Gasteiger partial charge in [-0.25, -0.2) is 4.68 Å². The van der Waals surface area contributed by atoms with E-state index in [2.05, 4.69) is 20.5 Å². The van der Waals surface area contributed by atoms with Gasteiger partial charge in [0.15, 0.2) is 0 Å². The normalized spacial score (nSPS) is 14.4. The predicted molar refractivity (Wildman–Crippen MR) is 126 cm³/mol. The number of nitrogens with zero attached hydrogens (tertiary/aromatic N) is 6. The van der Waals surface area contributed by atoms with Gasteiger partial charge >= 0.3 is 0 Å². The second-order valence-corrected chi connectivity index (χ2v) is 8.43. The van der Waals surface area contributed by atoms with Crippen molar-refractivity contribution in [3.05, 3.63) is 58.9 Å². The molecule has 0 N–H and O–H groups in total. The van der Waals surface area contributed by atoms with Crippen molar-refractivity contribution in [3.8, 4) is 11.4 Å². The molecule has 0 atom stereocenters. The van der Waals surface area contributed by atoms with Crippen LogP contribution in [-0.2, 0) is 11.3 Å². The van der Waals surface area contributed by atoms with Gasteiger partial charge < -0.3 is 9.42 Å². The Hall–Kier alpha value is -3.52. The molecule has 1 aliphatic heterocycles. The van der Waals surface area contributed by atoms with Crippen LogP contribution in [0.3, 0.4) is 0 Å². The molecule has 1 saturated heterocycles. The molecule has 1 amide bonds. The molecule has 9 heteroatoms. The summed E-state index contributed by atoms with van der Waals surface area (Å²) in [4.78, 5) is 18.8. The standard InChI is InChI=1S/C24H23ClN6O2/c25-19-7-3-2-6-17(19)9-11-22-26-24(28-33-22)18-8-10-21-20(16-18)27-29-31(21)15-12-23(32)30-13-4-1-5-14-30/h2-3,6-11,16H,1,4-5,12-15H2. The highest BCUT2D eigenvalue weighted by Gasteiger charge is 2.17. The number of likely N-dealkylation sites (tertiary alicyclic amines) is 1. The smallest absolute Gasteiger partial charge is 0.250 e. The summed E-state index contributed by atoms with van der Waals surface area (Å²) in [5.41, 5.74) is 3.24. The maximum Gasteiger partial charge on any atom is 0.250 e. The first-order valence-corrected chi connectivity index (χ1v) is 11.4. The summed E-state index contributed by atoms with van der Waals surface area (Å²) in [5, 5.41) is 13.2. The van der Waals surface area contributed by atoms with Gasteiger partial charge in [-0.3, -0.25) is 4.79 Å². The lowest BCUT2D eigenvalue weighted by Gasteiger charge is -2.26. The summed E-state index contributed by atoms with van der Waals surface area (Å²) in [7, 11) is 0. The number of amides is 1. The maximum absolute atomic E-state index is 12.5. The fourth-order valence-electron chi connectivity index (χ4n) is 3.97. The number of aromatic nitrogens is 5. The monoisotopic (exact) mass is 462 g/mol. The Bertz CT molecular complexity index is 1310. The summed E-state index contributed by atoms with van der Waals surface area (Å²) >= 11 is 6.17. The molecule has 8 nitrogen and oxygen atoms in total. The van der Waals surface area contributed by atoms with Crippen molar-refractivity contribution >= 4 is 40.7 Å². The number of hydrogen-bond donors (Lipinski definition) is 0. The fourth-order valence-corrected chi connectivity index (χ4v) is 4.17. The van der Waals surface area contributed by atoms with Gasteiger partial charge in [-0.05, 0) is 55.2 Å². The maximum atomic E-state index is 12.5. The van der Waals surface area contributed by atoms with Gasteiger partial charge in [0.1, 0.15) is 5.52 Å². The van der Waals surface area contributed by atoms with E-state index in [1.807, 2.05) is 53.4 Å². The van der Waals surface area contributed by atoms with Crippen LogP contribution in [0.5, 0.6) is 0 Å². The third-order valence-corrected chi connectivity index (χ3v) is 6.11. The molecule has 0 unspecified atom stereocenters. The van der Waals surface area contributed by atoms with Crippen LogP contribution in [0.1, 0.15) is 37.1 Å². The van der Waals surface area contributed by atoms with Crippen LogP contribution in [0.15, 0.2) is 47.0 Å². The molecule has 2 aromatic carbocycles. The van der Waals surface area contributed by atoms with Gasteiger partial charge in [0.25, 0.3) is 5.89 Å². The molecule has 1 aliphatic rings. The molecule has 5 rings (SSSR count). The summed E-state index contributed by atoms with van der Waals surface area (Å²) in [6, 6.07) is 13.2. The molecule has 4 aromatic rings.